The minimum absolute atomic E-state index is 0.0152. The van der Waals surface area contributed by atoms with E-state index < -0.39 is 17.3 Å². The lowest BCUT2D eigenvalue weighted by Crippen LogP contribution is -2.24. The van der Waals surface area contributed by atoms with Crippen LogP contribution >= 0.6 is 23.2 Å². The van der Waals surface area contributed by atoms with Crippen LogP contribution in [-0.4, -0.2) is 15.6 Å². The minimum atomic E-state index is -1.26. The summed E-state index contributed by atoms with van der Waals surface area (Å²) in [6.07, 6.45) is 0. The number of carboxylic acid groups (broad SMARTS) is 1. The second-order valence-corrected chi connectivity index (χ2v) is 5.05. The van der Waals surface area contributed by atoms with E-state index in [0.717, 1.165) is 18.2 Å². The summed E-state index contributed by atoms with van der Waals surface area (Å²) in [4.78, 5) is 23.5. The molecule has 1 aromatic heterocycles. The van der Waals surface area contributed by atoms with Crippen molar-refractivity contribution in [3.8, 4) is 11.3 Å². The Morgan fingerprint density at radius 1 is 1.29 bits per heavy atom. The first-order chi connectivity index (χ1) is 9.86. The van der Waals surface area contributed by atoms with Gasteiger partial charge in [0.2, 0.25) is 0 Å². The quantitative estimate of drug-likeness (QED) is 0.934. The van der Waals surface area contributed by atoms with Crippen LogP contribution in [0.3, 0.4) is 0 Å². The van der Waals surface area contributed by atoms with Crippen LogP contribution < -0.4 is 5.56 Å². The molecule has 110 valence electrons. The molecule has 0 aliphatic heterocycles. The average Bonchev–Trinajstić information content (AvgIpc) is 2.41. The molecule has 0 radical (unpaired) electrons. The topological polar surface area (TPSA) is 59.3 Å². The molecule has 2 aromatic rings. The van der Waals surface area contributed by atoms with E-state index in [9.17, 15) is 19.1 Å². The number of pyridine rings is 1. The van der Waals surface area contributed by atoms with E-state index in [2.05, 4.69) is 0 Å². The van der Waals surface area contributed by atoms with Crippen LogP contribution in [0, 0.1) is 5.82 Å². The zero-order chi connectivity index (χ0) is 15.7. The molecule has 0 fully saturated rings. The second-order valence-electron chi connectivity index (χ2n) is 4.23. The molecule has 2 rings (SSSR count). The van der Waals surface area contributed by atoms with Crippen molar-refractivity contribution in [2.45, 2.75) is 13.5 Å². The smallest absolute Gasteiger partial charge is 0.337 e. The highest BCUT2D eigenvalue weighted by atomic mass is 35.5. The summed E-state index contributed by atoms with van der Waals surface area (Å²) in [5.74, 6) is -1.81. The van der Waals surface area contributed by atoms with Gasteiger partial charge in [0, 0.05) is 12.1 Å². The molecule has 0 bridgehead atoms. The normalized spacial score (nSPS) is 10.7. The molecule has 4 nitrogen and oxygen atoms in total. The minimum Gasteiger partial charge on any atom is -0.478 e. The predicted octanol–water partition coefficient (Wildman–Crippen LogP) is 3.68. The Labute approximate surface area is 129 Å². The van der Waals surface area contributed by atoms with Crippen molar-refractivity contribution >= 4 is 29.2 Å². The van der Waals surface area contributed by atoms with Gasteiger partial charge < -0.3 is 9.67 Å². The fourth-order valence-electron chi connectivity index (χ4n) is 2.07. The number of carboxylic acids is 1. The first kappa shape index (κ1) is 15.5. The van der Waals surface area contributed by atoms with Gasteiger partial charge in [0.05, 0.1) is 16.3 Å². The van der Waals surface area contributed by atoms with Gasteiger partial charge in [-0.3, -0.25) is 4.79 Å². The molecule has 0 unspecified atom stereocenters. The molecule has 1 aromatic carbocycles. The number of carbonyl (C=O) groups is 1. The van der Waals surface area contributed by atoms with E-state index in [0.29, 0.717) is 0 Å². The molecule has 0 atom stereocenters. The zero-order valence-corrected chi connectivity index (χ0v) is 12.4. The monoisotopic (exact) mass is 329 g/mol. The van der Waals surface area contributed by atoms with Crippen molar-refractivity contribution in [3.05, 3.63) is 56.0 Å². The number of hydrogen-bond acceptors (Lipinski definition) is 2. The molecule has 21 heavy (non-hydrogen) atoms. The summed E-state index contributed by atoms with van der Waals surface area (Å²) in [6.45, 7) is 1.87. The highest BCUT2D eigenvalue weighted by Crippen LogP contribution is 2.31. The largest absolute Gasteiger partial charge is 0.478 e. The van der Waals surface area contributed by atoms with E-state index in [1.54, 1.807) is 6.92 Å². The van der Waals surface area contributed by atoms with E-state index >= 15 is 0 Å². The van der Waals surface area contributed by atoms with Gasteiger partial charge in [0.25, 0.3) is 5.56 Å². The summed E-state index contributed by atoms with van der Waals surface area (Å²) >= 11 is 11.8. The fraction of sp³-hybridized carbons (Fsp3) is 0.143. The summed E-state index contributed by atoms with van der Waals surface area (Å²) in [7, 11) is 0. The predicted molar refractivity (Wildman–Crippen MR) is 78.7 cm³/mol. The summed E-state index contributed by atoms with van der Waals surface area (Å²) < 4.78 is 14.4. The lowest BCUT2D eigenvalue weighted by atomic mass is 10.0. The number of rotatable bonds is 3. The maximum atomic E-state index is 13.2. The van der Waals surface area contributed by atoms with Gasteiger partial charge in [-0.2, -0.15) is 0 Å². The Morgan fingerprint density at radius 3 is 2.48 bits per heavy atom. The summed E-state index contributed by atoms with van der Waals surface area (Å²) in [6, 6.07) is 4.61. The van der Waals surface area contributed by atoms with E-state index in [-0.39, 0.29) is 33.4 Å². The fourth-order valence-corrected chi connectivity index (χ4v) is 2.54. The number of hydrogen-bond donors (Lipinski definition) is 1. The van der Waals surface area contributed by atoms with Gasteiger partial charge in [-0.25, -0.2) is 9.18 Å². The molecule has 0 amide bonds. The van der Waals surface area contributed by atoms with Crippen molar-refractivity contribution in [1.82, 2.24) is 4.57 Å². The van der Waals surface area contributed by atoms with Crippen LogP contribution in [0.15, 0.2) is 29.1 Å². The van der Waals surface area contributed by atoms with Gasteiger partial charge in [0.15, 0.2) is 0 Å². The van der Waals surface area contributed by atoms with Gasteiger partial charge in [-0.1, -0.05) is 23.2 Å². The maximum absolute atomic E-state index is 13.2. The van der Waals surface area contributed by atoms with E-state index in [1.807, 2.05) is 0 Å². The standard InChI is InChI=1S/C14H10Cl2FNO3/c1-2-18-12(8-4-3-7(17)5-10(8)15)9(14(20)21)6-11(16)13(18)19/h3-6H,2H2,1H3,(H,20,21). The number of nitrogens with zero attached hydrogens (tertiary/aromatic N) is 1. The zero-order valence-electron chi connectivity index (χ0n) is 10.9. The summed E-state index contributed by atoms with van der Waals surface area (Å²) in [5, 5.41) is 9.13. The number of aromatic carboxylic acids is 1. The highest BCUT2D eigenvalue weighted by Gasteiger charge is 2.21. The number of benzene rings is 1. The molecular formula is C14H10Cl2FNO3. The molecule has 0 aliphatic rings. The lowest BCUT2D eigenvalue weighted by Gasteiger charge is -2.16. The van der Waals surface area contributed by atoms with Gasteiger partial charge in [0.1, 0.15) is 10.8 Å². The first-order valence-electron chi connectivity index (χ1n) is 5.98. The third kappa shape index (κ3) is 2.80. The van der Waals surface area contributed by atoms with Crippen LogP contribution in [0.1, 0.15) is 17.3 Å². The number of aromatic nitrogens is 1. The summed E-state index contributed by atoms with van der Waals surface area (Å²) in [5.41, 5.74) is -0.343. The molecule has 1 heterocycles. The third-order valence-electron chi connectivity index (χ3n) is 2.98. The highest BCUT2D eigenvalue weighted by molar-refractivity contribution is 6.33. The maximum Gasteiger partial charge on any atom is 0.337 e. The van der Waals surface area contributed by atoms with Crippen LogP contribution in [0.4, 0.5) is 4.39 Å². The molecule has 0 saturated heterocycles. The van der Waals surface area contributed by atoms with Gasteiger partial charge >= 0.3 is 5.97 Å². The SMILES string of the molecule is CCn1c(-c2ccc(F)cc2Cl)c(C(=O)O)cc(Cl)c1=O. The van der Waals surface area contributed by atoms with E-state index in [4.69, 9.17) is 23.2 Å². The molecule has 7 heteroatoms. The molecule has 0 saturated carbocycles. The van der Waals surface area contributed by atoms with Gasteiger partial charge in [-0.15, -0.1) is 0 Å². The van der Waals surface area contributed by atoms with Crippen LogP contribution in [0.25, 0.3) is 11.3 Å². The first-order valence-corrected chi connectivity index (χ1v) is 6.74. The Bertz CT molecular complexity index is 787. The van der Waals surface area contributed by atoms with Crippen molar-refractivity contribution in [1.29, 1.82) is 0 Å². The second kappa shape index (κ2) is 5.87. The van der Waals surface area contributed by atoms with Crippen molar-refractivity contribution in [2.75, 3.05) is 0 Å². The van der Waals surface area contributed by atoms with Crippen LogP contribution in [-0.2, 0) is 6.54 Å². The van der Waals surface area contributed by atoms with E-state index in [1.165, 1.54) is 10.6 Å². The van der Waals surface area contributed by atoms with Crippen molar-refractivity contribution in [3.63, 3.8) is 0 Å². The Balaban J connectivity index is 2.92. The molecule has 1 N–H and O–H groups in total. The Morgan fingerprint density at radius 2 is 1.95 bits per heavy atom. The lowest BCUT2D eigenvalue weighted by molar-refractivity contribution is 0.0697. The number of halogens is 3. The van der Waals surface area contributed by atoms with Gasteiger partial charge in [-0.05, 0) is 31.2 Å². The van der Waals surface area contributed by atoms with Crippen molar-refractivity contribution < 1.29 is 14.3 Å². The Hall–Kier alpha value is -1.85. The Kier molecular flexibility index (Phi) is 4.34. The third-order valence-corrected chi connectivity index (χ3v) is 3.56. The van der Waals surface area contributed by atoms with Crippen LogP contribution in [0.5, 0.6) is 0 Å². The van der Waals surface area contributed by atoms with Crippen LogP contribution in [0.2, 0.25) is 10.0 Å². The molecule has 0 spiro atoms. The average molecular weight is 330 g/mol. The molecule has 0 aliphatic carbocycles. The van der Waals surface area contributed by atoms with Crippen molar-refractivity contribution in [2.24, 2.45) is 0 Å². The molecular weight excluding hydrogens is 320 g/mol.